The second-order valence-electron chi connectivity index (χ2n) is 10.4. The molecule has 2 aliphatic rings. The molecule has 220 valence electrons. The van der Waals surface area contributed by atoms with Gasteiger partial charge in [-0.2, -0.15) is 9.65 Å². The Kier molecular flexibility index (Phi) is 7.19. The summed E-state index contributed by atoms with van der Waals surface area (Å²) in [6.45, 7) is 3.18. The maximum absolute atomic E-state index is 14.3. The Morgan fingerprint density at radius 1 is 1.07 bits per heavy atom. The van der Waals surface area contributed by atoms with Crippen LogP contribution >= 0.6 is 11.6 Å². The number of nitrogens with zero attached hydrogens (tertiary/aromatic N) is 5. The Hall–Kier alpha value is -4.67. The van der Waals surface area contributed by atoms with Gasteiger partial charge in [0, 0.05) is 40.8 Å². The largest absolute Gasteiger partial charge is 0.373 e. The third-order valence-corrected chi connectivity index (χ3v) is 7.89. The fourth-order valence-electron chi connectivity index (χ4n) is 5.02. The zero-order valence-corrected chi connectivity index (χ0v) is 23.6. The van der Waals surface area contributed by atoms with Crippen LogP contribution in [0.15, 0.2) is 54.6 Å². The average molecular weight is 610 g/mol. The number of hydrogen-bond donors (Lipinski definition) is 4. The Balaban J connectivity index is 1.43. The first-order chi connectivity index (χ1) is 20.6. The number of aromatic nitrogens is 3. The number of alkyl halides is 2. The molecule has 3 aromatic heterocycles. The molecule has 4 aromatic rings. The third kappa shape index (κ3) is 5.24. The van der Waals surface area contributed by atoms with Crippen molar-refractivity contribution in [3.8, 4) is 6.07 Å². The highest BCUT2D eigenvalue weighted by atomic mass is 35.5. The fraction of sp³-hybridized carbons (Fsp3) is 0.241. The zero-order chi connectivity index (χ0) is 30.5. The lowest BCUT2D eigenvalue weighted by Crippen LogP contribution is -2.48. The van der Waals surface area contributed by atoms with Gasteiger partial charge in [-0.05, 0) is 44.9 Å². The van der Waals surface area contributed by atoms with Gasteiger partial charge in [0.25, 0.3) is 6.43 Å². The van der Waals surface area contributed by atoms with Gasteiger partial charge in [-0.3, -0.25) is 15.0 Å². The molecule has 14 heteroatoms. The summed E-state index contributed by atoms with van der Waals surface area (Å²) in [6, 6.07) is 8.75. The highest BCUT2D eigenvalue weighted by Crippen LogP contribution is 2.47. The Labute approximate surface area is 248 Å². The lowest BCUT2D eigenvalue weighted by molar-refractivity contribution is 0.00911. The predicted molar refractivity (Wildman–Crippen MR) is 153 cm³/mol. The van der Waals surface area contributed by atoms with Crippen molar-refractivity contribution in [2.24, 2.45) is 0 Å². The molecule has 9 nitrogen and oxygen atoms in total. The number of anilines is 3. The molecule has 1 aliphatic carbocycles. The van der Waals surface area contributed by atoms with Crippen molar-refractivity contribution in [3.63, 3.8) is 0 Å². The number of rotatable bonds is 8. The number of nitriles is 1. The third-order valence-electron chi connectivity index (χ3n) is 7.60. The molecule has 0 saturated heterocycles. The number of nitrogens with one attached hydrogen (secondary N) is 4. The predicted octanol–water partition coefficient (Wildman–Crippen LogP) is 6.31. The molecular formula is C29H24ClF4N9. The molecule has 0 radical (unpaired) electrons. The molecule has 6 rings (SSSR count). The van der Waals surface area contributed by atoms with Crippen LogP contribution in [0, 0.1) is 36.9 Å². The van der Waals surface area contributed by atoms with Crippen LogP contribution < -0.4 is 21.6 Å². The molecule has 1 aromatic carbocycles. The summed E-state index contributed by atoms with van der Waals surface area (Å²) >= 11 is 6.66. The lowest BCUT2D eigenvalue weighted by Gasteiger charge is -2.25. The molecule has 1 fully saturated rings. The van der Waals surface area contributed by atoms with Gasteiger partial charge in [0.2, 0.25) is 5.95 Å². The number of halogens is 5. The number of aryl methyl sites for hydroxylation is 2. The van der Waals surface area contributed by atoms with Crippen LogP contribution in [0.25, 0.3) is 10.9 Å². The van der Waals surface area contributed by atoms with Crippen molar-refractivity contribution in [2.75, 3.05) is 10.6 Å². The summed E-state index contributed by atoms with van der Waals surface area (Å²) in [4.78, 5) is 12.3. The summed E-state index contributed by atoms with van der Waals surface area (Å²) in [5, 5.41) is 18.3. The van der Waals surface area contributed by atoms with E-state index in [1.807, 2.05) is 0 Å². The van der Waals surface area contributed by atoms with Crippen molar-refractivity contribution < 1.29 is 17.6 Å². The molecule has 0 bridgehead atoms. The molecule has 0 unspecified atom stereocenters. The van der Waals surface area contributed by atoms with Gasteiger partial charge in [0.15, 0.2) is 0 Å². The van der Waals surface area contributed by atoms with Gasteiger partial charge < -0.3 is 16.1 Å². The Morgan fingerprint density at radius 3 is 2.53 bits per heavy atom. The molecule has 4 heterocycles. The molecular weight excluding hydrogens is 586 g/mol. The van der Waals surface area contributed by atoms with Crippen LogP contribution in [0.2, 0.25) is 5.02 Å². The lowest BCUT2D eigenvalue weighted by atomic mass is 10.0. The van der Waals surface area contributed by atoms with Crippen molar-refractivity contribution >= 4 is 39.6 Å². The van der Waals surface area contributed by atoms with Crippen molar-refractivity contribution in [3.05, 3.63) is 93.9 Å². The summed E-state index contributed by atoms with van der Waals surface area (Å²) in [5.74, 6) is -1.18. The second-order valence-corrected chi connectivity index (χ2v) is 10.8. The Bertz CT molecular complexity index is 1820. The van der Waals surface area contributed by atoms with Gasteiger partial charge in [-0.25, -0.2) is 18.2 Å². The smallest absolute Gasteiger partial charge is 0.262 e. The molecule has 1 saturated carbocycles. The SMILES string of the molecule is Cc1ncc(Nc2c(C#N)cnc3c(Cl)cc(N[C@H](C4=CN(C5(C(F)F)CC5)NN4)c4ccc(F)nc4C)cc23)cc1F. The van der Waals surface area contributed by atoms with Crippen LogP contribution in [0.1, 0.15) is 41.4 Å². The quantitative estimate of drug-likeness (QED) is 0.135. The van der Waals surface area contributed by atoms with E-state index in [0.717, 1.165) is 0 Å². The topological polar surface area (TPSA) is 114 Å². The van der Waals surface area contributed by atoms with Gasteiger partial charge in [0.05, 0.1) is 51.1 Å². The van der Waals surface area contributed by atoms with E-state index in [2.05, 4.69) is 42.6 Å². The summed E-state index contributed by atoms with van der Waals surface area (Å²) in [5.41, 5.74) is 7.79. The summed E-state index contributed by atoms with van der Waals surface area (Å²) in [6.07, 6.45) is 2.44. The highest BCUT2D eigenvalue weighted by Gasteiger charge is 2.56. The molecule has 0 amide bonds. The normalized spacial score (nSPS) is 16.1. The van der Waals surface area contributed by atoms with E-state index in [-0.39, 0.29) is 16.3 Å². The van der Waals surface area contributed by atoms with E-state index in [0.29, 0.717) is 57.8 Å². The van der Waals surface area contributed by atoms with Crippen molar-refractivity contribution in [1.82, 2.24) is 30.9 Å². The van der Waals surface area contributed by atoms with E-state index in [1.165, 1.54) is 36.5 Å². The monoisotopic (exact) mass is 609 g/mol. The number of hydrazine groups is 2. The van der Waals surface area contributed by atoms with E-state index < -0.39 is 29.8 Å². The zero-order valence-electron chi connectivity index (χ0n) is 22.8. The number of benzene rings is 1. The highest BCUT2D eigenvalue weighted by molar-refractivity contribution is 6.36. The maximum atomic E-state index is 14.3. The van der Waals surface area contributed by atoms with Gasteiger partial charge >= 0.3 is 0 Å². The minimum absolute atomic E-state index is 0.179. The van der Waals surface area contributed by atoms with Crippen molar-refractivity contribution in [2.45, 2.75) is 44.7 Å². The van der Waals surface area contributed by atoms with E-state index in [9.17, 15) is 22.8 Å². The van der Waals surface area contributed by atoms with Crippen LogP contribution in [-0.2, 0) is 0 Å². The number of pyridine rings is 3. The van der Waals surface area contributed by atoms with Crippen LogP contribution in [0.4, 0.5) is 34.6 Å². The van der Waals surface area contributed by atoms with Crippen LogP contribution in [0.3, 0.4) is 0 Å². The van der Waals surface area contributed by atoms with Crippen LogP contribution in [0.5, 0.6) is 0 Å². The van der Waals surface area contributed by atoms with Gasteiger partial charge in [0.1, 0.15) is 17.4 Å². The van der Waals surface area contributed by atoms with E-state index >= 15 is 0 Å². The van der Waals surface area contributed by atoms with E-state index in [1.54, 1.807) is 31.3 Å². The van der Waals surface area contributed by atoms with Crippen molar-refractivity contribution in [1.29, 1.82) is 5.26 Å². The minimum atomic E-state index is -2.57. The minimum Gasteiger partial charge on any atom is -0.373 e. The molecule has 1 atom stereocenters. The molecule has 0 spiro atoms. The summed E-state index contributed by atoms with van der Waals surface area (Å²) < 4.78 is 55.9. The maximum Gasteiger partial charge on any atom is 0.262 e. The summed E-state index contributed by atoms with van der Waals surface area (Å²) in [7, 11) is 0. The Morgan fingerprint density at radius 2 is 1.86 bits per heavy atom. The average Bonchev–Trinajstić information content (AvgIpc) is 3.64. The number of fused-ring (bicyclic) bond motifs is 1. The number of hydrogen-bond acceptors (Lipinski definition) is 9. The van der Waals surface area contributed by atoms with E-state index in [4.69, 9.17) is 11.6 Å². The van der Waals surface area contributed by atoms with Crippen LogP contribution in [-0.4, -0.2) is 31.9 Å². The van der Waals surface area contributed by atoms with Gasteiger partial charge in [-0.15, -0.1) is 5.53 Å². The fourth-order valence-corrected chi connectivity index (χ4v) is 5.29. The first-order valence-electron chi connectivity index (χ1n) is 13.2. The second kappa shape index (κ2) is 10.9. The van der Waals surface area contributed by atoms with Gasteiger partial charge in [-0.1, -0.05) is 17.7 Å². The molecule has 4 N–H and O–H groups in total. The molecule has 1 aliphatic heterocycles. The molecule has 43 heavy (non-hydrogen) atoms. The standard InChI is InChI=1S/C29H24ClF4N9/c1-14-19(3-4-24(32)38-14)27(23-13-43(42-41-23)29(5-6-29)28(33)34)39-17-7-20-25(40-18-9-22(31)15(2)36-12-18)16(10-35)11-37-26(20)21(30)8-17/h3-4,7-9,11-13,27-28,39,41-42H,5-6H2,1-2H3,(H,37,40)/t27-/m0/s1. The first-order valence-corrected chi connectivity index (χ1v) is 13.6. The first kappa shape index (κ1) is 28.4.